The summed E-state index contributed by atoms with van der Waals surface area (Å²) in [7, 11) is 0. The van der Waals surface area contributed by atoms with Gasteiger partial charge in [0, 0.05) is 34.1 Å². The van der Waals surface area contributed by atoms with Crippen molar-refractivity contribution in [2.75, 3.05) is 0 Å². The second-order valence-corrected chi connectivity index (χ2v) is 4.75. The van der Waals surface area contributed by atoms with Crippen LogP contribution in [-0.4, -0.2) is 9.85 Å². The number of non-ortho nitro benzene ring substituents is 2. The molecule has 0 spiro atoms. The van der Waals surface area contributed by atoms with Crippen LogP contribution >= 0.6 is 11.8 Å². The minimum absolute atomic E-state index is 0. The number of nitrogens with zero attached hydrogens (tertiary/aromatic N) is 2. The lowest BCUT2D eigenvalue weighted by molar-refractivity contribution is -0.385. The van der Waals surface area contributed by atoms with Crippen molar-refractivity contribution in [3.05, 3.63) is 68.8 Å². The molecule has 0 N–H and O–H groups in total. The van der Waals surface area contributed by atoms with Crippen molar-refractivity contribution in [1.82, 2.24) is 0 Å². The normalized spacial score (nSPS) is 9.60. The zero-order valence-corrected chi connectivity index (χ0v) is 10.8. The Labute approximate surface area is 117 Å². The van der Waals surface area contributed by atoms with E-state index in [1.54, 1.807) is 24.3 Å². The Balaban J connectivity index is 0.00000200. The van der Waals surface area contributed by atoms with Crippen LogP contribution in [0.3, 0.4) is 0 Å². The quantitative estimate of drug-likeness (QED) is 0.632. The molecule has 0 amide bonds. The Bertz CT molecular complexity index is 561. The SMILES string of the molecule is F.O=[N+]([O-])c1ccc(Sc2ccc([N+](=O)[O-])cc2)cc1. The van der Waals surface area contributed by atoms with Crippen LogP contribution in [0.4, 0.5) is 16.1 Å². The van der Waals surface area contributed by atoms with Crippen molar-refractivity contribution < 1.29 is 14.6 Å². The van der Waals surface area contributed by atoms with Gasteiger partial charge in [0.1, 0.15) is 0 Å². The number of rotatable bonds is 4. The first kappa shape index (κ1) is 15.6. The van der Waals surface area contributed by atoms with E-state index in [0.717, 1.165) is 9.79 Å². The molecule has 0 saturated heterocycles. The fourth-order valence-corrected chi connectivity index (χ4v) is 2.22. The molecule has 6 nitrogen and oxygen atoms in total. The molecule has 2 rings (SSSR count). The Kier molecular flexibility index (Phi) is 5.15. The Morgan fingerprint density at radius 2 is 1.00 bits per heavy atom. The molecule has 0 heterocycles. The predicted molar refractivity (Wildman–Crippen MR) is 72.8 cm³/mol. The van der Waals surface area contributed by atoms with Gasteiger partial charge in [-0.05, 0) is 24.3 Å². The second-order valence-electron chi connectivity index (χ2n) is 3.60. The highest BCUT2D eigenvalue weighted by Crippen LogP contribution is 2.29. The van der Waals surface area contributed by atoms with Crippen LogP contribution < -0.4 is 0 Å². The van der Waals surface area contributed by atoms with E-state index < -0.39 is 9.85 Å². The molecule has 20 heavy (non-hydrogen) atoms. The minimum Gasteiger partial charge on any atom is -0.269 e. The first-order chi connectivity index (χ1) is 9.06. The zero-order valence-electron chi connectivity index (χ0n) is 9.96. The molecule has 0 aliphatic carbocycles. The molecule has 2 aromatic rings. The topological polar surface area (TPSA) is 86.3 Å². The Hall–Kier alpha value is -2.48. The minimum atomic E-state index is -0.458. The average Bonchev–Trinajstić information content (AvgIpc) is 2.40. The predicted octanol–water partition coefficient (Wildman–Crippen LogP) is 3.81. The maximum Gasteiger partial charge on any atom is 0.269 e. The van der Waals surface area contributed by atoms with Crippen LogP contribution in [0.25, 0.3) is 0 Å². The fourth-order valence-electron chi connectivity index (χ4n) is 1.41. The lowest BCUT2D eigenvalue weighted by Crippen LogP contribution is -1.87. The Morgan fingerprint density at radius 3 is 1.25 bits per heavy atom. The van der Waals surface area contributed by atoms with E-state index in [4.69, 9.17) is 0 Å². The van der Waals surface area contributed by atoms with Gasteiger partial charge in [0.05, 0.1) is 9.85 Å². The van der Waals surface area contributed by atoms with Crippen LogP contribution in [0.2, 0.25) is 0 Å². The third-order valence-corrected chi connectivity index (χ3v) is 3.35. The number of nitro groups is 2. The van der Waals surface area contributed by atoms with Gasteiger partial charge in [0.25, 0.3) is 11.4 Å². The van der Waals surface area contributed by atoms with Crippen LogP contribution in [-0.2, 0) is 0 Å². The maximum atomic E-state index is 10.5. The third kappa shape index (κ3) is 3.75. The first-order valence-electron chi connectivity index (χ1n) is 5.23. The summed E-state index contributed by atoms with van der Waals surface area (Å²) in [5, 5.41) is 21.0. The largest absolute Gasteiger partial charge is 0.269 e. The molecule has 0 unspecified atom stereocenters. The fraction of sp³-hybridized carbons (Fsp3) is 0. The summed E-state index contributed by atoms with van der Waals surface area (Å²) in [5.74, 6) is 0. The lowest BCUT2D eigenvalue weighted by Gasteiger charge is -2.01. The van der Waals surface area contributed by atoms with Crippen molar-refractivity contribution in [2.24, 2.45) is 0 Å². The average molecular weight is 296 g/mol. The van der Waals surface area contributed by atoms with Crippen LogP contribution in [0.1, 0.15) is 0 Å². The molecule has 0 radical (unpaired) electrons. The van der Waals surface area contributed by atoms with Crippen molar-refractivity contribution in [1.29, 1.82) is 0 Å². The van der Waals surface area contributed by atoms with Crippen LogP contribution in [0.15, 0.2) is 58.3 Å². The third-order valence-electron chi connectivity index (χ3n) is 2.33. The van der Waals surface area contributed by atoms with Gasteiger partial charge in [-0.2, -0.15) is 0 Å². The van der Waals surface area contributed by atoms with Crippen molar-refractivity contribution in [3.63, 3.8) is 0 Å². The molecule has 2 aromatic carbocycles. The highest BCUT2D eigenvalue weighted by molar-refractivity contribution is 7.99. The maximum absolute atomic E-state index is 10.5. The summed E-state index contributed by atoms with van der Waals surface area (Å²) in [6.07, 6.45) is 0. The highest BCUT2D eigenvalue weighted by atomic mass is 32.2. The van der Waals surface area contributed by atoms with Gasteiger partial charge < -0.3 is 0 Å². The van der Waals surface area contributed by atoms with E-state index in [-0.39, 0.29) is 16.1 Å². The smallest absolute Gasteiger partial charge is 0.269 e. The summed E-state index contributed by atoms with van der Waals surface area (Å²) in [5.41, 5.74) is 0.0705. The zero-order chi connectivity index (χ0) is 13.8. The molecule has 0 atom stereocenters. The van der Waals surface area contributed by atoms with E-state index in [9.17, 15) is 20.2 Å². The number of benzene rings is 2. The second kappa shape index (κ2) is 6.62. The summed E-state index contributed by atoms with van der Waals surface area (Å²) < 4.78 is 0. The standard InChI is InChI=1S/C12H8N2O4S.FH/c15-13(16)9-1-5-11(6-2-9)19-12-7-3-10(4-8-12)14(17)18;/h1-8H;1H. The van der Waals surface area contributed by atoms with Gasteiger partial charge in [0.2, 0.25) is 0 Å². The van der Waals surface area contributed by atoms with Gasteiger partial charge in [-0.3, -0.25) is 24.9 Å². The van der Waals surface area contributed by atoms with E-state index >= 15 is 0 Å². The van der Waals surface area contributed by atoms with E-state index in [1.165, 1.54) is 36.0 Å². The number of hydrogen-bond acceptors (Lipinski definition) is 5. The van der Waals surface area contributed by atoms with Gasteiger partial charge in [0.15, 0.2) is 0 Å². The van der Waals surface area contributed by atoms with Gasteiger partial charge in [-0.1, -0.05) is 11.8 Å². The van der Waals surface area contributed by atoms with Gasteiger partial charge in [-0.15, -0.1) is 0 Å². The summed E-state index contributed by atoms with van der Waals surface area (Å²) >= 11 is 1.38. The van der Waals surface area contributed by atoms with Crippen LogP contribution in [0.5, 0.6) is 0 Å². The van der Waals surface area contributed by atoms with E-state index in [2.05, 4.69) is 0 Å². The molecule has 104 valence electrons. The van der Waals surface area contributed by atoms with Crippen molar-refractivity contribution in [3.8, 4) is 0 Å². The van der Waals surface area contributed by atoms with Crippen LogP contribution in [0, 0.1) is 20.2 Å². The lowest BCUT2D eigenvalue weighted by atomic mass is 10.3. The van der Waals surface area contributed by atoms with Crippen molar-refractivity contribution >= 4 is 23.1 Å². The van der Waals surface area contributed by atoms with Gasteiger partial charge in [-0.25, -0.2) is 0 Å². The highest BCUT2D eigenvalue weighted by Gasteiger charge is 2.07. The molecule has 0 aliphatic heterocycles. The molecular formula is C12H9FN2O4S. The van der Waals surface area contributed by atoms with E-state index in [1.807, 2.05) is 0 Å². The molecule has 8 heteroatoms. The molecule has 0 aliphatic rings. The number of hydrogen-bond donors (Lipinski definition) is 0. The monoisotopic (exact) mass is 296 g/mol. The first-order valence-corrected chi connectivity index (χ1v) is 6.04. The Morgan fingerprint density at radius 1 is 0.700 bits per heavy atom. The molecule has 0 bridgehead atoms. The molecular weight excluding hydrogens is 287 g/mol. The molecule has 0 aromatic heterocycles. The number of halogens is 1. The van der Waals surface area contributed by atoms with Gasteiger partial charge >= 0.3 is 0 Å². The van der Waals surface area contributed by atoms with E-state index in [0.29, 0.717) is 0 Å². The summed E-state index contributed by atoms with van der Waals surface area (Å²) in [6, 6.07) is 12.3. The summed E-state index contributed by atoms with van der Waals surface area (Å²) in [4.78, 5) is 21.8. The number of nitro benzene ring substituents is 2. The van der Waals surface area contributed by atoms with Crippen molar-refractivity contribution in [2.45, 2.75) is 9.79 Å². The molecule has 0 saturated carbocycles. The summed E-state index contributed by atoms with van der Waals surface area (Å²) in [6.45, 7) is 0. The molecule has 0 fully saturated rings.